The summed E-state index contributed by atoms with van der Waals surface area (Å²) in [6.45, 7) is 1.73. The molecule has 0 aliphatic carbocycles. The summed E-state index contributed by atoms with van der Waals surface area (Å²) >= 11 is 5.85. The maximum atomic E-state index is 12.1. The first-order chi connectivity index (χ1) is 9.73. The van der Waals surface area contributed by atoms with E-state index in [2.05, 4.69) is 0 Å². The van der Waals surface area contributed by atoms with Gasteiger partial charge in [-0.15, -0.1) is 0 Å². The molecule has 0 aliphatic heterocycles. The van der Waals surface area contributed by atoms with Gasteiger partial charge in [-0.3, -0.25) is 0 Å². The second-order valence-electron chi connectivity index (χ2n) is 4.42. The Balaban J connectivity index is 2.82. The number of rotatable bonds is 7. The van der Waals surface area contributed by atoms with Gasteiger partial charge in [0, 0.05) is 28.4 Å². The fourth-order valence-corrected chi connectivity index (χ4v) is 2.37. The number of alkyl halides is 3. The van der Waals surface area contributed by atoms with Crippen molar-refractivity contribution in [1.29, 1.82) is 0 Å². The molecule has 1 unspecified atom stereocenters. The third-order valence-electron chi connectivity index (χ3n) is 2.45. The van der Waals surface area contributed by atoms with Crippen LogP contribution < -0.4 is 15.2 Å². The van der Waals surface area contributed by atoms with Crippen LogP contribution in [0.4, 0.5) is 13.2 Å². The minimum Gasteiger partial charge on any atom is -0.493 e. The Morgan fingerprint density at radius 3 is 2.57 bits per heavy atom. The van der Waals surface area contributed by atoms with Crippen molar-refractivity contribution >= 4 is 23.4 Å². The van der Waals surface area contributed by atoms with Crippen LogP contribution in [0.1, 0.15) is 12.5 Å². The molecule has 1 aromatic carbocycles. The number of nitrogens with two attached hydrogens (primary N) is 1. The SMILES string of the molecule is COc1cc(Cl)cc(CC(C)N)c1OCCSC(F)(F)F. The van der Waals surface area contributed by atoms with Gasteiger partial charge in [-0.25, -0.2) is 0 Å². The molecule has 0 saturated carbocycles. The van der Waals surface area contributed by atoms with Gasteiger partial charge in [-0.2, -0.15) is 13.2 Å². The van der Waals surface area contributed by atoms with Crippen LogP contribution in [-0.2, 0) is 6.42 Å². The molecule has 8 heteroatoms. The Morgan fingerprint density at radius 2 is 2.05 bits per heavy atom. The summed E-state index contributed by atoms with van der Waals surface area (Å²) in [5.41, 5.74) is 2.21. The summed E-state index contributed by atoms with van der Waals surface area (Å²) in [6, 6.07) is 3.10. The van der Waals surface area contributed by atoms with E-state index >= 15 is 0 Å². The lowest BCUT2D eigenvalue weighted by molar-refractivity contribution is -0.0329. The summed E-state index contributed by atoms with van der Waals surface area (Å²) in [7, 11) is 1.44. The van der Waals surface area contributed by atoms with Crippen LogP contribution in [0.25, 0.3) is 0 Å². The normalized spacial score (nSPS) is 13.1. The van der Waals surface area contributed by atoms with Crippen LogP contribution >= 0.6 is 23.4 Å². The molecule has 0 amide bonds. The van der Waals surface area contributed by atoms with E-state index in [4.69, 9.17) is 26.8 Å². The molecule has 0 bridgehead atoms. The second-order valence-corrected chi connectivity index (χ2v) is 6.02. The van der Waals surface area contributed by atoms with E-state index in [0.717, 1.165) is 0 Å². The van der Waals surface area contributed by atoms with Gasteiger partial charge < -0.3 is 15.2 Å². The van der Waals surface area contributed by atoms with Crippen molar-refractivity contribution < 1.29 is 22.6 Å². The van der Waals surface area contributed by atoms with Crippen molar-refractivity contribution in [2.75, 3.05) is 19.5 Å². The number of halogens is 4. The molecule has 3 nitrogen and oxygen atoms in total. The minimum absolute atomic E-state index is 0.0892. The van der Waals surface area contributed by atoms with Crippen LogP contribution in [0, 0.1) is 0 Å². The first-order valence-electron chi connectivity index (χ1n) is 6.18. The van der Waals surface area contributed by atoms with Crippen LogP contribution in [0.5, 0.6) is 11.5 Å². The summed E-state index contributed by atoms with van der Waals surface area (Å²) in [4.78, 5) is 0. The maximum Gasteiger partial charge on any atom is 0.441 e. The van der Waals surface area contributed by atoms with E-state index in [1.165, 1.54) is 7.11 Å². The molecule has 120 valence electrons. The lowest BCUT2D eigenvalue weighted by Crippen LogP contribution is -2.19. The van der Waals surface area contributed by atoms with E-state index in [-0.39, 0.29) is 30.2 Å². The van der Waals surface area contributed by atoms with Crippen molar-refractivity contribution in [3.8, 4) is 11.5 Å². The molecule has 0 heterocycles. The molecule has 0 aromatic heterocycles. The number of hydrogen-bond acceptors (Lipinski definition) is 4. The van der Waals surface area contributed by atoms with Crippen LogP contribution in [0.2, 0.25) is 5.02 Å². The molecule has 0 radical (unpaired) electrons. The first kappa shape index (κ1) is 18.3. The molecule has 1 aromatic rings. The Kier molecular flexibility index (Phi) is 6.96. The molecule has 2 N–H and O–H groups in total. The monoisotopic (exact) mass is 343 g/mol. The predicted molar refractivity (Wildman–Crippen MR) is 79.4 cm³/mol. The molecule has 0 fully saturated rings. The zero-order chi connectivity index (χ0) is 16.0. The van der Waals surface area contributed by atoms with Gasteiger partial charge in [-0.1, -0.05) is 11.6 Å². The standard InChI is InChI=1S/C13H17ClF3NO2S/c1-8(18)5-9-6-10(14)7-11(19-2)12(9)20-3-4-21-13(15,16)17/h6-8H,3-5,18H2,1-2H3. The van der Waals surface area contributed by atoms with Crippen molar-refractivity contribution in [2.45, 2.75) is 24.9 Å². The third-order valence-corrected chi connectivity index (χ3v) is 3.37. The van der Waals surface area contributed by atoms with Crippen molar-refractivity contribution in [3.63, 3.8) is 0 Å². The molecular formula is C13H17ClF3NO2S. The zero-order valence-electron chi connectivity index (χ0n) is 11.7. The molecule has 0 spiro atoms. The molecule has 1 atom stereocenters. The van der Waals surface area contributed by atoms with Crippen LogP contribution in [0.3, 0.4) is 0 Å². The number of methoxy groups -OCH3 is 1. The number of benzene rings is 1. The number of thioether (sulfide) groups is 1. The highest BCUT2D eigenvalue weighted by Crippen LogP contribution is 2.36. The van der Waals surface area contributed by atoms with Crippen molar-refractivity contribution in [1.82, 2.24) is 0 Å². The smallest absolute Gasteiger partial charge is 0.441 e. The highest BCUT2D eigenvalue weighted by atomic mass is 35.5. The van der Waals surface area contributed by atoms with E-state index < -0.39 is 5.51 Å². The summed E-state index contributed by atoms with van der Waals surface area (Å²) in [5.74, 6) is 0.574. The second kappa shape index (κ2) is 8.00. The van der Waals surface area contributed by atoms with Gasteiger partial charge in [0.05, 0.1) is 13.7 Å². The summed E-state index contributed by atoms with van der Waals surface area (Å²) in [5, 5.41) is 0.458. The largest absolute Gasteiger partial charge is 0.493 e. The van der Waals surface area contributed by atoms with Gasteiger partial charge in [0.1, 0.15) is 0 Å². The Bertz CT molecular complexity index is 469. The zero-order valence-corrected chi connectivity index (χ0v) is 13.2. The lowest BCUT2D eigenvalue weighted by atomic mass is 10.1. The highest BCUT2D eigenvalue weighted by Gasteiger charge is 2.27. The van der Waals surface area contributed by atoms with Crippen LogP contribution in [-0.4, -0.2) is 31.0 Å². The van der Waals surface area contributed by atoms with Gasteiger partial charge in [0.25, 0.3) is 0 Å². The van der Waals surface area contributed by atoms with E-state index in [1.807, 2.05) is 6.92 Å². The molecule has 21 heavy (non-hydrogen) atoms. The molecule has 1 rings (SSSR count). The molecule has 0 aliphatic rings. The van der Waals surface area contributed by atoms with Crippen LogP contribution in [0.15, 0.2) is 12.1 Å². The molecule has 0 saturated heterocycles. The Labute approximate surface area is 130 Å². The molecular weight excluding hydrogens is 327 g/mol. The van der Waals surface area contributed by atoms with Gasteiger partial charge >= 0.3 is 5.51 Å². The quantitative estimate of drug-likeness (QED) is 0.763. The van der Waals surface area contributed by atoms with Gasteiger partial charge in [0.15, 0.2) is 11.5 Å². The topological polar surface area (TPSA) is 44.5 Å². The lowest BCUT2D eigenvalue weighted by Gasteiger charge is -2.17. The fraction of sp³-hybridized carbons (Fsp3) is 0.538. The van der Waals surface area contributed by atoms with E-state index in [1.54, 1.807) is 12.1 Å². The van der Waals surface area contributed by atoms with E-state index in [9.17, 15) is 13.2 Å². The summed E-state index contributed by atoms with van der Waals surface area (Å²) < 4.78 is 46.9. The van der Waals surface area contributed by atoms with Gasteiger partial charge in [-0.05, 0) is 31.2 Å². The highest BCUT2D eigenvalue weighted by molar-refractivity contribution is 8.00. The third kappa shape index (κ3) is 6.67. The Morgan fingerprint density at radius 1 is 1.38 bits per heavy atom. The summed E-state index contributed by atoms with van der Waals surface area (Å²) in [6.07, 6.45) is 0.485. The maximum absolute atomic E-state index is 12.1. The van der Waals surface area contributed by atoms with Crippen molar-refractivity contribution in [2.24, 2.45) is 5.73 Å². The first-order valence-corrected chi connectivity index (χ1v) is 7.54. The van der Waals surface area contributed by atoms with E-state index in [0.29, 0.717) is 28.5 Å². The fourth-order valence-electron chi connectivity index (χ4n) is 1.74. The minimum atomic E-state index is -4.26. The van der Waals surface area contributed by atoms with Gasteiger partial charge in [0.2, 0.25) is 0 Å². The van der Waals surface area contributed by atoms with Crippen molar-refractivity contribution in [3.05, 3.63) is 22.7 Å². The average molecular weight is 344 g/mol. The Hall–Kier alpha value is -0.790. The average Bonchev–Trinajstić information content (AvgIpc) is 2.33. The number of hydrogen-bond donors (Lipinski definition) is 1. The predicted octanol–water partition coefficient (Wildman–Crippen LogP) is 3.87. The number of ether oxygens (including phenoxy) is 2.